The summed E-state index contributed by atoms with van der Waals surface area (Å²) in [6, 6.07) is 9.90. The quantitative estimate of drug-likeness (QED) is 0.223. The average Bonchev–Trinajstić information content (AvgIpc) is 3.36. The molecule has 0 N–H and O–H groups in total. The smallest absolute Gasteiger partial charge is 0.306 e. The summed E-state index contributed by atoms with van der Waals surface area (Å²) in [6.45, 7) is 10.3. The monoisotopic (exact) mass is 592 g/mol. The highest BCUT2D eigenvalue weighted by Gasteiger charge is 2.56. The fourth-order valence-electron chi connectivity index (χ4n) is 9.54. The van der Waals surface area contributed by atoms with Crippen LogP contribution in [0.5, 0.6) is 0 Å². The van der Waals surface area contributed by atoms with Gasteiger partial charge in [-0.05, 0) is 124 Å². The first-order valence-electron chi connectivity index (χ1n) is 17.5. The van der Waals surface area contributed by atoms with Crippen molar-refractivity contribution in [2.75, 3.05) is 6.61 Å². The third-order valence-corrected chi connectivity index (χ3v) is 11.8. The van der Waals surface area contributed by atoms with Crippen molar-refractivity contribution < 1.29 is 23.8 Å². The number of Topliss-reactive ketones (excluding diaryl/α,β-unsaturated/α-hetero) is 1. The van der Waals surface area contributed by atoms with Crippen LogP contribution in [0, 0.1) is 40.9 Å². The highest BCUT2D eigenvalue weighted by molar-refractivity contribution is 5.98. The number of benzene rings is 1. The van der Waals surface area contributed by atoms with Gasteiger partial charge in [0.1, 0.15) is 6.61 Å². The number of allylic oxidation sites excluding steroid dienone is 2. The maximum atomic E-state index is 14.5. The minimum Gasteiger partial charge on any atom is -0.461 e. The van der Waals surface area contributed by atoms with Crippen molar-refractivity contribution in [2.45, 2.75) is 130 Å². The second-order valence-corrected chi connectivity index (χ2v) is 14.5. The van der Waals surface area contributed by atoms with Gasteiger partial charge in [0.15, 0.2) is 12.1 Å². The van der Waals surface area contributed by atoms with Crippen LogP contribution in [0.25, 0.3) is 0 Å². The number of fused-ring (bicyclic) bond motifs is 3. The zero-order chi connectivity index (χ0) is 30.4. The summed E-state index contributed by atoms with van der Waals surface area (Å²) in [5.74, 6) is 2.50. The summed E-state index contributed by atoms with van der Waals surface area (Å²) in [5.41, 5.74) is 2.20. The summed E-state index contributed by atoms with van der Waals surface area (Å²) >= 11 is 0. The molecule has 4 aliphatic rings. The molecule has 9 atom stereocenters. The molecule has 3 saturated carbocycles. The molecule has 238 valence electrons. The third kappa shape index (κ3) is 7.64. The van der Waals surface area contributed by atoms with Gasteiger partial charge in [0.2, 0.25) is 0 Å². The van der Waals surface area contributed by atoms with Crippen molar-refractivity contribution in [3.8, 4) is 0 Å². The van der Waals surface area contributed by atoms with E-state index in [0.717, 1.165) is 82.0 Å². The highest BCUT2D eigenvalue weighted by atomic mass is 16.7. The molecule has 5 heteroatoms. The Morgan fingerprint density at radius 3 is 2.63 bits per heavy atom. The van der Waals surface area contributed by atoms with Crippen LogP contribution >= 0.6 is 0 Å². The third-order valence-electron chi connectivity index (χ3n) is 11.8. The lowest BCUT2D eigenvalue weighted by Crippen LogP contribution is -2.47. The molecule has 0 amide bonds. The first kappa shape index (κ1) is 32.4. The number of ketones is 1. The Labute approximate surface area is 260 Å². The summed E-state index contributed by atoms with van der Waals surface area (Å²) in [5, 5.41) is 0. The first-order chi connectivity index (χ1) is 20.8. The number of carbonyl (C=O) groups is 2. The maximum absolute atomic E-state index is 14.5. The van der Waals surface area contributed by atoms with Crippen LogP contribution in [0.2, 0.25) is 0 Å². The number of hydrogen-bond acceptors (Lipinski definition) is 5. The molecule has 1 saturated heterocycles. The highest BCUT2D eigenvalue weighted by Crippen LogP contribution is 2.62. The van der Waals surface area contributed by atoms with E-state index in [9.17, 15) is 9.59 Å². The van der Waals surface area contributed by atoms with Crippen molar-refractivity contribution in [1.29, 1.82) is 0 Å². The molecular formula is C38H56O5. The SMILES string of the molecule is C/C=C1/C(=O)C2C(CCC[C@@H](OC3CCCCO3)C[C@@H]1C)CC[C@@]1(C)C2CCC1[C@H](C)CCC(=O)OCc1ccccc1. The number of hydrogen-bond donors (Lipinski definition) is 0. The van der Waals surface area contributed by atoms with Gasteiger partial charge in [0.05, 0.1) is 6.10 Å². The Bertz CT molecular complexity index is 1090. The van der Waals surface area contributed by atoms with Crippen LogP contribution in [0.3, 0.4) is 0 Å². The van der Waals surface area contributed by atoms with E-state index in [2.05, 4.69) is 33.8 Å². The van der Waals surface area contributed by atoms with Crippen LogP contribution in [0.4, 0.5) is 0 Å². The molecular weight excluding hydrogens is 536 g/mol. The lowest BCUT2D eigenvalue weighted by molar-refractivity contribution is -0.192. The maximum Gasteiger partial charge on any atom is 0.306 e. The van der Waals surface area contributed by atoms with Gasteiger partial charge >= 0.3 is 5.97 Å². The van der Waals surface area contributed by atoms with Gasteiger partial charge in [-0.25, -0.2) is 0 Å². The molecule has 0 aromatic heterocycles. The van der Waals surface area contributed by atoms with Gasteiger partial charge in [0.25, 0.3) is 0 Å². The lowest BCUT2D eigenvalue weighted by atomic mass is 9.54. The summed E-state index contributed by atoms with van der Waals surface area (Å²) in [6.07, 6.45) is 15.6. The van der Waals surface area contributed by atoms with Crippen LogP contribution in [-0.4, -0.2) is 30.8 Å². The van der Waals surface area contributed by atoms with Crippen molar-refractivity contribution in [1.82, 2.24) is 0 Å². The number of rotatable bonds is 8. The number of esters is 1. The molecule has 4 fully saturated rings. The fourth-order valence-corrected chi connectivity index (χ4v) is 9.54. The largest absolute Gasteiger partial charge is 0.461 e. The van der Waals surface area contributed by atoms with Crippen LogP contribution in [-0.2, 0) is 30.4 Å². The Morgan fingerprint density at radius 1 is 1.07 bits per heavy atom. The molecule has 43 heavy (non-hydrogen) atoms. The van der Waals surface area contributed by atoms with Gasteiger partial charge in [-0.1, -0.05) is 63.6 Å². The predicted molar refractivity (Wildman–Crippen MR) is 170 cm³/mol. The lowest BCUT2D eigenvalue weighted by Gasteiger charge is -2.50. The Hall–Kier alpha value is -1.98. The summed E-state index contributed by atoms with van der Waals surface area (Å²) in [4.78, 5) is 27.1. The molecule has 5 rings (SSSR count). The van der Waals surface area contributed by atoms with Crippen molar-refractivity contribution in [2.24, 2.45) is 40.9 Å². The zero-order valence-corrected chi connectivity index (χ0v) is 27.2. The Kier molecular flexibility index (Phi) is 11.2. The normalized spacial score (nSPS) is 36.9. The van der Waals surface area contributed by atoms with Gasteiger partial charge < -0.3 is 14.2 Å². The van der Waals surface area contributed by atoms with E-state index in [1.807, 2.05) is 30.3 Å². The topological polar surface area (TPSA) is 61.8 Å². The van der Waals surface area contributed by atoms with Crippen LogP contribution in [0.1, 0.15) is 117 Å². The zero-order valence-electron chi connectivity index (χ0n) is 27.2. The standard InChI is InChI=1S/C38H56O5/c1-5-31-27(3)24-30(43-35-16-9-10-23-41-35)15-11-14-29-21-22-38(4)32(18-19-33(38)36(29)37(31)40)26(2)17-20-34(39)42-25-28-12-7-6-8-13-28/h5-8,12-13,26-27,29-30,32-33,35-36H,9-11,14-25H2,1-4H3/b31-5+/t26-,27+,29?,30-,32?,33?,35?,36?,38-/m1/s1. The molecule has 0 spiro atoms. The molecule has 0 bridgehead atoms. The van der Waals surface area contributed by atoms with Gasteiger partial charge in [-0.3, -0.25) is 9.59 Å². The number of ether oxygens (including phenoxy) is 3. The first-order valence-corrected chi connectivity index (χ1v) is 17.5. The average molecular weight is 593 g/mol. The van der Waals surface area contributed by atoms with E-state index in [4.69, 9.17) is 14.2 Å². The van der Waals surface area contributed by atoms with Gasteiger partial charge in [-0.2, -0.15) is 0 Å². The van der Waals surface area contributed by atoms with E-state index in [0.29, 0.717) is 42.5 Å². The second-order valence-electron chi connectivity index (χ2n) is 14.5. The van der Waals surface area contributed by atoms with E-state index in [1.165, 1.54) is 12.8 Å². The Balaban J connectivity index is 1.22. The van der Waals surface area contributed by atoms with E-state index >= 15 is 0 Å². The Morgan fingerprint density at radius 2 is 1.88 bits per heavy atom. The van der Waals surface area contributed by atoms with E-state index in [1.54, 1.807) is 0 Å². The molecule has 0 radical (unpaired) electrons. The molecule has 1 aromatic rings. The van der Waals surface area contributed by atoms with Crippen molar-refractivity contribution in [3.05, 3.63) is 47.5 Å². The van der Waals surface area contributed by atoms with Gasteiger partial charge in [-0.15, -0.1) is 0 Å². The van der Waals surface area contributed by atoms with E-state index in [-0.39, 0.29) is 35.6 Å². The van der Waals surface area contributed by atoms with Crippen LogP contribution in [0.15, 0.2) is 42.0 Å². The predicted octanol–water partition coefficient (Wildman–Crippen LogP) is 8.84. The molecule has 1 aromatic carbocycles. The van der Waals surface area contributed by atoms with Crippen molar-refractivity contribution >= 4 is 11.8 Å². The van der Waals surface area contributed by atoms with E-state index < -0.39 is 0 Å². The fraction of sp³-hybridized carbons (Fsp3) is 0.737. The number of carbonyl (C=O) groups excluding carboxylic acids is 2. The minimum atomic E-state index is -0.106. The summed E-state index contributed by atoms with van der Waals surface area (Å²) < 4.78 is 18.0. The molecule has 3 aliphatic carbocycles. The second kappa shape index (κ2) is 14.9. The van der Waals surface area contributed by atoms with Crippen molar-refractivity contribution in [3.63, 3.8) is 0 Å². The molecule has 5 nitrogen and oxygen atoms in total. The minimum absolute atomic E-state index is 0.0788. The molecule has 1 aliphatic heterocycles. The van der Waals surface area contributed by atoms with Gasteiger partial charge in [0, 0.05) is 18.9 Å². The molecule has 1 heterocycles. The molecule has 5 unspecified atom stereocenters. The summed E-state index contributed by atoms with van der Waals surface area (Å²) in [7, 11) is 0. The van der Waals surface area contributed by atoms with Crippen LogP contribution < -0.4 is 0 Å².